The highest BCUT2D eigenvalue weighted by Crippen LogP contribution is 2.24. The minimum Gasteiger partial charge on any atom is -0.395 e. The first-order valence-corrected chi connectivity index (χ1v) is 7.91. The van der Waals surface area contributed by atoms with E-state index in [9.17, 15) is 17.2 Å². The van der Waals surface area contributed by atoms with Gasteiger partial charge in [-0.05, 0) is 12.8 Å². The summed E-state index contributed by atoms with van der Waals surface area (Å²) in [6, 6.07) is -0.127. The highest BCUT2D eigenvalue weighted by atomic mass is 32.2. The van der Waals surface area contributed by atoms with E-state index in [4.69, 9.17) is 5.11 Å². The molecule has 0 heterocycles. The predicted molar refractivity (Wildman–Crippen MR) is 68.2 cm³/mol. The molecule has 0 aromatic rings. The van der Waals surface area contributed by atoms with Crippen LogP contribution in [0, 0.1) is 0 Å². The van der Waals surface area contributed by atoms with Crippen LogP contribution in [0.25, 0.3) is 0 Å². The van der Waals surface area contributed by atoms with Crippen LogP contribution in [0.5, 0.6) is 0 Å². The van der Waals surface area contributed by atoms with Crippen molar-refractivity contribution in [3.05, 3.63) is 0 Å². The molecule has 0 aromatic carbocycles. The summed E-state index contributed by atoms with van der Waals surface area (Å²) in [5, 5.41) is 8.84. The van der Waals surface area contributed by atoms with E-state index >= 15 is 0 Å². The van der Waals surface area contributed by atoms with Gasteiger partial charge in [-0.15, -0.1) is 0 Å². The molecule has 1 aliphatic carbocycles. The molecular formula is C11H22F2N2O3S. The number of alkyl halides is 2. The van der Waals surface area contributed by atoms with Crippen LogP contribution in [0.3, 0.4) is 0 Å². The Kier molecular flexibility index (Phi) is 6.58. The van der Waals surface area contributed by atoms with E-state index in [-0.39, 0.29) is 12.6 Å². The van der Waals surface area contributed by atoms with Gasteiger partial charge in [0.1, 0.15) is 0 Å². The number of rotatable bonds is 7. The average Bonchev–Trinajstić information content (AvgIpc) is 2.38. The lowest BCUT2D eigenvalue weighted by Crippen LogP contribution is -2.49. The topological polar surface area (TPSA) is 60.9 Å². The van der Waals surface area contributed by atoms with Crippen molar-refractivity contribution in [2.75, 3.05) is 26.7 Å². The summed E-state index contributed by atoms with van der Waals surface area (Å²) in [7, 11) is -2.50. The summed E-state index contributed by atoms with van der Waals surface area (Å²) >= 11 is 0. The van der Waals surface area contributed by atoms with Crippen LogP contribution in [-0.2, 0) is 10.2 Å². The van der Waals surface area contributed by atoms with E-state index in [1.165, 1.54) is 11.4 Å². The van der Waals surface area contributed by atoms with Crippen molar-refractivity contribution in [2.45, 2.75) is 44.6 Å². The Hall–Kier alpha value is -0.310. The first-order chi connectivity index (χ1) is 8.89. The van der Waals surface area contributed by atoms with Gasteiger partial charge in [-0.3, -0.25) is 0 Å². The van der Waals surface area contributed by atoms with E-state index in [1.54, 1.807) is 0 Å². The fraction of sp³-hybridized carbons (Fsp3) is 1.00. The number of aliphatic hydroxyl groups excluding tert-OH is 1. The minimum absolute atomic E-state index is 0.127. The molecule has 1 fully saturated rings. The average molecular weight is 300 g/mol. The quantitative estimate of drug-likeness (QED) is 0.764. The smallest absolute Gasteiger partial charge is 0.282 e. The Morgan fingerprint density at radius 2 is 1.84 bits per heavy atom. The van der Waals surface area contributed by atoms with Gasteiger partial charge in [-0.25, -0.2) is 8.78 Å². The summed E-state index contributed by atoms with van der Waals surface area (Å²) in [6.45, 7) is -1.64. The van der Waals surface area contributed by atoms with Crippen LogP contribution in [0.2, 0.25) is 0 Å². The first kappa shape index (κ1) is 16.7. The van der Waals surface area contributed by atoms with Gasteiger partial charge in [0.2, 0.25) is 0 Å². The maximum Gasteiger partial charge on any atom is 0.282 e. The fourth-order valence-corrected chi connectivity index (χ4v) is 3.95. The normalized spacial score (nSPS) is 18.7. The minimum atomic E-state index is -3.93. The second-order valence-electron chi connectivity index (χ2n) is 4.79. The fourth-order valence-electron chi connectivity index (χ4n) is 2.38. The van der Waals surface area contributed by atoms with E-state index < -0.39 is 29.8 Å². The molecule has 1 rings (SSSR count). The standard InChI is InChI=1S/C11H22F2N2O3S/c1-14(10-5-3-2-4-6-10)19(17,18)15(7-8-16)9-11(12)13/h10-11,16H,2-9H2,1H3. The monoisotopic (exact) mass is 300 g/mol. The van der Waals surface area contributed by atoms with Crippen LogP contribution >= 0.6 is 0 Å². The molecule has 8 heteroatoms. The summed E-state index contributed by atoms with van der Waals surface area (Å²) in [5.41, 5.74) is 0. The zero-order chi connectivity index (χ0) is 14.5. The van der Waals surface area contributed by atoms with Crippen molar-refractivity contribution in [1.82, 2.24) is 8.61 Å². The van der Waals surface area contributed by atoms with Crippen molar-refractivity contribution in [3.63, 3.8) is 0 Å². The van der Waals surface area contributed by atoms with E-state index in [0.717, 1.165) is 32.1 Å². The molecule has 114 valence electrons. The Morgan fingerprint density at radius 1 is 1.26 bits per heavy atom. The van der Waals surface area contributed by atoms with E-state index in [0.29, 0.717) is 4.31 Å². The molecule has 1 aliphatic rings. The van der Waals surface area contributed by atoms with Crippen LogP contribution in [0.4, 0.5) is 8.78 Å². The van der Waals surface area contributed by atoms with Gasteiger partial charge in [0.15, 0.2) is 0 Å². The van der Waals surface area contributed by atoms with E-state index in [2.05, 4.69) is 0 Å². The molecule has 1 saturated carbocycles. The number of hydrogen-bond acceptors (Lipinski definition) is 3. The SMILES string of the molecule is CN(C1CCCCC1)S(=O)(=O)N(CCO)CC(F)F. The second kappa shape index (κ2) is 7.47. The maximum atomic E-state index is 12.4. The molecule has 0 aliphatic heterocycles. The van der Waals surface area contributed by atoms with Gasteiger partial charge < -0.3 is 5.11 Å². The van der Waals surface area contributed by atoms with Crippen molar-refractivity contribution < 1.29 is 22.3 Å². The van der Waals surface area contributed by atoms with Crippen molar-refractivity contribution >= 4 is 10.2 Å². The Morgan fingerprint density at radius 3 is 2.32 bits per heavy atom. The second-order valence-corrected chi connectivity index (χ2v) is 6.78. The molecule has 1 N–H and O–H groups in total. The lowest BCUT2D eigenvalue weighted by atomic mass is 9.96. The van der Waals surface area contributed by atoms with Gasteiger partial charge in [-0.2, -0.15) is 17.0 Å². The largest absolute Gasteiger partial charge is 0.395 e. The lowest BCUT2D eigenvalue weighted by Gasteiger charge is -2.34. The number of nitrogens with zero attached hydrogens (tertiary/aromatic N) is 2. The molecule has 0 spiro atoms. The van der Waals surface area contributed by atoms with Crippen molar-refractivity contribution in [2.24, 2.45) is 0 Å². The zero-order valence-electron chi connectivity index (χ0n) is 11.1. The van der Waals surface area contributed by atoms with Gasteiger partial charge in [0, 0.05) is 19.6 Å². The molecule has 0 aromatic heterocycles. The molecule has 0 amide bonds. The Bertz CT molecular complexity index is 359. The summed E-state index contributed by atoms with van der Waals surface area (Å²) < 4.78 is 51.2. The molecule has 5 nitrogen and oxygen atoms in total. The summed E-state index contributed by atoms with van der Waals surface area (Å²) in [6.07, 6.45) is 1.77. The molecule has 0 bridgehead atoms. The van der Waals surface area contributed by atoms with Gasteiger partial charge in [0.05, 0.1) is 13.2 Å². The highest BCUT2D eigenvalue weighted by molar-refractivity contribution is 7.86. The van der Waals surface area contributed by atoms with E-state index in [1.807, 2.05) is 0 Å². The van der Waals surface area contributed by atoms with Gasteiger partial charge in [0.25, 0.3) is 16.6 Å². The third-order valence-electron chi connectivity index (χ3n) is 3.47. The third-order valence-corrected chi connectivity index (χ3v) is 5.48. The molecule has 0 saturated heterocycles. The Balaban J connectivity index is 2.78. The molecule has 0 unspecified atom stereocenters. The molecule has 0 atom stereocenters. The molecule has 0 radical (unpaired) electrons. The lowest BCUT2D eigenvalue weighted by molar-refractivity contribution is 0.108. The van der Waals surface area contributed by atoms with Crippen molar-refractivity contribution in [3.8, 4) is 0 Å². The van der Waals surface area contributed by atoms with Crippen LogP contribution in [0.1, 0.15) is 32.1 Å². The van der Waals surface area contributed by atoms with Crippen molar-refractivity contribution in [1.29, 1.82) is 0 Å². The summed E-state index contributed by atoms with van der Waals surface area (Å²) in [4.78, 5) is 0. The number of aliphatic hydroxyl groups is 1. The predicted octanol–water partition coefficient (Wildman–Crippen LogP) is 1.06. The first-order valence-electron chi connectivity index (χ1n) is 6.51. The van der Waals surface area contributed by atoms with Crippen LogP contribution < -0.4 is 0 Å². The van der Waals surface area contributed by atoms with Crippen LogP contribution in [0.15, 0.2) is 0 Å². The molecular weight excluding hydrogens is 278 g/mol. The zero-order valence-corrected chi connectivity index (χ0v) is 12.0. The Labute approximate surface area is 113 Å². The van der Waals surface area contributed by atoms with Gasteiger partial charge in [-0.1, -0.05) is 19.3 Å². The third kappa shape index (κ3) is 4.62. The number of hydrogen-bond donors (Lipinski definition) is 1. The molecule has 19 heavy (non-hydrogen) atoms. The summed E-state index contributed by atoms with van der Waals surface area (Å²) in [5.74, 6) is 0. The van der Waals surface area contributed by atoms with Gasteiger partial charge >= 0.3 is 0 Å². The highest BCUT2D eigenvalue weighted by Gasteiger charge is 2.33. The number of halogens is 2. The maximum absolute atomic E-state index is 12.4. The van der Waals surface area contributed by atoms with Crippen LogP contribution in [-0.4, -0.2) is 61.3 Å².